The van der Waals surface area contributed by atoms with E-state index in [1.165, 1.54) is 24.3 Å². The molecule has 0 spiro atoms. The molecule has 2 aromatic carbocycles. The summed E-state index contributed by atoms with van der Waals surface area (Å²) >= 11 is 11.8. The van der Waals surface area contributed by atoms with Crippen molar-refractivity contribution in [1.82, 2.24) is 0 Å². The van der Waals surface area contributed by atoms with Gasteiger partial charge in [-0.25, -0.2) is 0 Å². The normalized spacial score (nSPS) is 11.3. The summed E-state index contributed by atoms with van der Waals surface area (Å²) in [7, 11) is 0. The van der Waals surface area contributed by atoms with Crippen molar-refractivity contribution in [2.24, 2.45) is 0 Å². The first-order chi connectivity index (χ1) is 10.3. The zero-order valence-electron chi connectivity index (χ0n) is 11.0. The molecule has 0 atom stereocenters. The zero-order valence-corrected chi connectivity index (χ0v) is 12.5. The molecule has 0 fully saturated rings. The highest BCUT2D eigenvalue weighted by atomic mass is 35.5. The van der Waals surface area contributed by atoms with Gasteiger partial charge >= 0.3 is 6.18 Å². The third-order valence-corrected chi connectivity index (χ3v) is 3.62. The van der Waals surface area contributed by atoms with Gasteiger partial charge in [-0.3, -0.25) is 4.79 Å². The predicted molar refractivity (Wildman–Crippen MR) is 77.6 cm³/mol. The fraction of sp³-hybridized carbons (Fsp3) is 0.133. The number of rotatable bonds is 4. The predicted octanol–water partition coefficient (Wildman–Crippen LogP) is 5.32. The molecule has 116 valence electrons. The Labute approximate surface area is 134 Å². The van der Waals surface area contributed by atoms with Crippen molar-refractivity contribution in [1.29, 1.82) is 0 Å². The average molecular weight is 349 g/mol. The summed E-state index contributed by atoms with van der Waals surface area (Å²) in [4.78, 5) is 11.4. The summed E-state index contributed by atoms with van der Waals surface area (Å²) in [5, 5.41) is 0.419. The first-order valence-electron chi connectivity index (χ1n) is 6.07. The Morgan fingerprint density at radius 2 is 1.73 bits per heavy atom. The monoisotopic (exact) mass is 348 g/mol. The quantitative estimate of drug-likeness (QED) is 0.699. The molecule has 22 heavy (non-hydrogen) atoms. The molecule has 0 saturated carbocycles. The first-order valence-corrected chi connectivity index (χ1v) is 6.82. The van der Waals surface area contributed by atoms with Crippen LogP contribution < -0.4 is 4.74 Å². The SMILES string of the molecule is O=C(c1ccccc1COc1cccc(Cl)c1Cl)C(F)(F)F. The van der Waals surface area contributed by atoms with E-state index in [4.69, 9.17) is 27.9 Å². The van der Waals surface area contributed by atoms with Gasteiger partial charge in [0.25, 0.3) is 5.78 Å². The molecule has 0 aliphatic heterocycles. The van der Waals surface area contributed by atoms with Crippen molar-refractivity contribution >= 4 is 29.0 Å². The number of Topliss-reactive ketones (excluding diaryl/α,β-unsaturated/α-hetero) is 1. The molecule has 0 amide bonds. The van der Waals surface area contributed by atoms with Gasteiger partial charge in [0.2, 0.25) is 0 Å². The maximum atomic E-state index is 12.6. The Kier molecular flexibility index (Phi) is 4.98. The topological polar surface area (TPSA) is 26.3 Å². The zero-order chi connectivity index (χ0) is 16.3. The van der Waals surface area contributed by atoms with E-state index in [1.807, 2.05) is 0 Å². The Bertz CT molecular complexity index is 699. The lowest BCUT2D eigenvalue weighted by atomic mass is 10.0. The number of ketones is 1. The van der Waals surface area contributed by atoms with Gasteiger partial charge in [-0.05, 0) is 12.1 Å². The van der Waals surface area contributed by atoms with Crippen molar-refractivity contribution in [3.63, 3.8) is 0 Å². The Morgan fingerprint density at radius 3 is 2.41 bits per heavy atom. The number of ether oxygens (including phenoxy) is 1. The van der Waals surface area contributed by atoms with Gasteiger partial charge < -0.3 is 4.74 Å². The van der Waals surface area contributed by atoms with Crippen molar-refractivity contribution in [2.75, 3.05) is 0 Å². The second kappa shape index (κ2) is 6.58. The van der Waals surface area contributed by atoms with Crippen LogP contribution in [-0.4, -0.2) is 12.0 Å². The smallest absolute Gasteiger partial charge is 0.454 e. The van der Waals surface area contributed by atoms with Crippen molar-refractivity contribution in [3.8, 4) is 5.75 Å². The molecule has 0 radical (unpaired) electrons. The summed E-state index contributed by atoms with van der Waals surface area (Å²) in [6, 6.07) is 10.0. The molecule has 0 aromatic heterocycles. The fourth-order valence-corrected chi connectivity index (χ4v) is 2.12. The van der Waals surface area contributed by atoms with Crippen LogP contribution in [-0.2, 0) is 6.61 Å². The van der Waals surface area contributed by atoms with Crippen LogP contribution in [0, 0.1) is 0 Å². The van der Waals surface area contributed by atoms with E-state index in [2.05, 4.69) is 0 Å². The van der Waals surface area contributed by atoms with E-state index in [0.29, 0.717) is 0 Å². The van der Waals surface area contributed by atoms with Crippen LogP contribution in [0.4, 0.5) is 13.2 Å². The van der Waals surface area contributed by atoms with Crippen molar-refractivity contribution < 1.29 is 22.7 Å². The van der Waals surface area contributed by atoms with Gasteiger partial charge in [0.05, 0.1) is 5.02 Å². The van der Waals surface area contributed by atoms with Crippen LogP contribution in [0.3, 0.4) is 0 Å². The summed E-state index contributed by atoms with van der Waals surface area (Å²) in [5.74, 6) is -1.69. The summed E-state index contributed by atoms with van der Waals surface area (Å²) in [5.41, 5.74) is -0.339. The molecule has 0 bridgehead atoms. The molecule has 2 nitrogen and oxygen atoms in total. The minimum Gasteiger partial charge on any atom is -0.487 e. The number of hydrogen-bond acceptors (Lipinski definition) is 2. The summed E-state index contributed by atoms with van der Waals surface area (Å²) in [6.07, 6.45) is -4.94. The number of benzene rings is 2. The van der Waals surface area contributed by atoms with Gasteiger partial charge in [-0.15, -0.1) is 0 Å². The Hall–Kier alpha value is -1.72. The minimum absolute atomic E-state index is 0.112. The average Bonchev–Trinajstić information content (AvgIpc) is 2.47. The molecule has 0 saturated heterocycles. The van der Waals surface area contributed by atoms with E-state index >= 15 is 0 Å². The number of hydrogen-bond donors (Lipinski definition) is 0. The van der Waals surface area contributed by atoms with Crippen molar-refractivity contribution in [2.45, 2.75) is 12.8 Å². The van der Waals surface area contributed by atoms with Gasteiger partial charge in [0, 0.05) is 11.1 Å². The fourth-order valence-electron chi connectivity index (χ4n) is 1.77. The Balaban J connectivity index is 2.24. The highest BCUT2D eigenvalue weighted by Crippen LogP contribution is 2.32. The van der Waals surface area contributed by atoms with Gasteiger partial charge in [0.1, 0.15) is 17.4 Å². The van der Waals surface area contributed by atoms with Crippen LogP contribution >= 0.6 is 23.2 Å². The lowest BCUT2D eigenvalue weighted by molar-refractivity contribution is -0.0886. The van der Waals surface area contributed by atoms with E-state index in [0.717, 1.165) is 6.07 Å². The number of carbonyl (C=O) groups is 1. The minimum atomic E-state index is -4.94. The summed E-state index contributed by atoms with van der Waals surface area (Å²) < 4.78 is 43.1. The van der Waals surface area contributed by atoms with Gasteiger partial charge in [0.15, 0.2) is 0 Å². The molecule has 0 heterocycles. The second-order valence-electron chi connectivity index (χ2n) is 4.32. The van der Waals surface area contributed by atoms with Gasteiger partial charge in [-0.1, -0.05) is 53.5 Å². The molecule has 0 aliphatic rings. The number of alkyl halides is 3. The lowest BCUT2D eigenvalue weighted by Gasteiger charge is -2.13. The molecule has 2 aromatic rings. The molecule has 7 heteroatoms. The molecule has 2 rings (SSSR count). The highest BCUT2D eigenvalue weighted by Gasteiger charge is 2.40. The number of halogens is 5. The van der Waals surface area contributed by atoms with E-state index in [1.54, 1.807) is 12.1 Å². The van der Waals surface area contributed by atoms with E-state index < -0.39 is 17.5 Å². The van der Waals surface area contributed by atoms with Crippen LogP contribution in [0.25, 0.3) is 0 Å². The maximum Gasteiger partial charge on any atom is 0.454 e. The molecular formula is C15H9Cl2F3O2. The van der Waals surface area contributed by atoms with Crippen LogP contribution in [0.2, 0.25) is 10.0 Å². The Morgan fingerprint density at radius 1 is 1.05 bits per heavy atom. The molecule has 0 aliphatic carbocycles. The third-order valence-electron chi connectivity index (χ3n) is 2.82. The standard InChI is InChI=1S/C15H9Cl2F3O2/c16-11-6-3-7-12(13(11)17)22-8-9-4-1-2-5-10(9)14(21)15(18,19)20/h1-7H,8H2. The van der Waals surface area contributed by atoms with Crippen LogP contribution in [0.15, 0.2) is 42.5 Å². The highest BCUT2D eigenvalue weighted by molar-refractivity contribution is 6.42. The third kappa shape index (κ3) is 3.72. The van der Waals surface area contributed by atoms with Crippen LogP contribution in [0.1, 0.15) is 15.9 Å². The molecule has 0 unspecified atom stereocenters. The summed E-state index contributed by atoms with van der Waals surface area (Å²) in [6.45, 7) is -0.238. The molecular weight excluding hydrogens is 340 g/mol. The van der Waals surface area contributed by atoms with E-state index in [-0.39, 0.29) is 28.0 Å². The van der Waals surface area contributed by atoms with Crippen LogP contribution in [0.5, 0.6) is 5.75 Å². The van der Waals surface area contributed by atoms with Crippen molar-refractivity contribution in [3.05, 3.63) is 63.6 Å². The largest absolute Gasteiger partial charge is 0.487 e. The maximum absolute atomic E-state index is 12.6. The first kappa shape index (κ1) is 16.6. The van der Waals surface area contributed by atoms with E-state index in [9.17, 15) is 18.0 Å². The van der Waals surface area contributed by atoms with Gasteiger partial charge in [-0.2, -0.15) is 13.2 Å². The second-order valence-corrected chi connectivity index (χ2v) is 5.11. The lowest BCUT2D eigenvalue weighted by Crippen LogP contribution is -2.24. The molecule has 0 N–H and O–H groups in total. The number of carbonyl (C=O) groups excluding carboxylic acids is 1.